The molecule has 0 radical (unpaired) electrons. The van der Waals surface area contributed by atoms with Gasteiger partial charge in [-0.2, -0.15) is 0 Å². The van der Waals surface area contributed by atoms with E-state index in [1.54, 1.807) is 36.5 Å². The van der Waals surface area contributed by atoms with Crippen molar-refractivity contribution in [3.05, 3.63) is 66.4 Å². The fourth-order valence-corrected chi connectivity index (χ4v) is 2.50. The Hall–Kier alpha value is -3.41. The lowest BCUT2D eigenvalue weighted by molar-refractivity contribution is -0.114. The Bertz CT molecular complexity index is 919. The maximum absolute atomic E-state index is 12.3. The van der Waals surface area contributed by atoms with E-state index in [4.69, 9.17) is 4.74 Å². The van der Waals surface area contributed by atoms with E-state index in [0.717, 1.165) is 10.9 Å². The molecule has 0 atom stereocenters. The molecule has 3 rings (SSSR count). The number of hydrogen-bond acceptors (Lipinski definition) is 5. The van der Waals surface area contributed by atoms with Gasteiger partial charge >= 0.3 is 5.97 Å². The zero-order chi connectivity index (χ0) is 17.6. The second-order valence-corrected chi connectivity index (χ2v) is 5.32. The summed E-state index contributed by atoms with van der Waals surface area (Å²) >= 11 is 0. The van der Waals surface area contributed by atoms with Gasteiger partial charge in [0.15, 0.2) is 0 Å². The highest BCUT2D eigenvalue weighted by molar-refractivity contribution is 6.02. The maximum Gasteiger partial charge on any atom is 0.339 e. The van der Waals surface area contributed by atoms with Gasteiger partial charge in [-0.15, -0.1) is 0 Å². The SMILES string of the molecule is COC(=O)c1ccccc1NCC(=O)Nc1cccc2cccnc12. The predicted octanol–water partition coefficient (Wildman–Crippen LogP) is 3.07. The highest BCUT2D eigenvalue weighted by Gasteiger charge is 2.12. The fourth-order valence-electron chi connectivity index (χ4n) is 2.50. The zero-order valence-corrected chi connectivity index (χ0v) is 13.7. The summed E-state index contributed by atoms with van der Waals surface area (Å²) in [6, 6.07) is 16.3. The van der Waals surface area contributed by atoms with E-state index in [2.05, 4.69) is 15.6 Å². The molecule has 1 aromatic heterocycles. The number of methoxy groups -OCH3 is 1. The molecule has 0 spiro atoms. The summed E-state index contributed by atoms with van der Waals surface area (Å²) in [5, 5.41) is 6.75. The molecule has 0 fully saturated rings. The van der Waals surface area contributed by atoms with Crippen LogP contribution in [0.15, 0.2) is 60.8 Å². The van der Waals surface area contributed by atoms with Gasteiger partial charge in [-0.1, -0.05) is 30.3 Å². The lowest BCUT2D eigenvalue weighted by Gasteiger charge is -2.11. The number of benzene rings is 2. The van der Waals surface area contributed by atoms with Crippen molar-refractivity contribution in [2.24, 2.45) is 0 Å². The minimum absolute atomic E-state index is 0.0111. The number of carbonyl (C=O) groups is 2. The number of hydrogen-bond donors (Lipinski definition) is 2. The summed E-state index contributed by atoms with van der Waals surface area (Å²) in [7, 11) is 1.32. The molecule has 1 heterocycles. The number of ether oxygens (including phenoxy) is 1. The number of fused-ring (bicyclic) bond motifs is 1. The quantitative estimate of drug-likeness (QED) is 0.701. The molecule has 0 aliphatic carbocycles. The molecule has 0 saturated heterocycles. The van der Waals surface area contributed by atoms with Crippen molar-refractivity contribution in [2.75, 3.05) is 24.3 Å². The summed E-state index contributed by atoms with van der Waals surface area (Å²) in [5.74, 6) is -0.695. The number of nitrogens with one attached hydrogen (secondary N) is 2. The molecule has 0 unspecified atom stereocenters. The van der Waals surface area contributed by atoms with Crippen molar-refractivity contribution in [1.82, 2.24) is 4.98 Å². The van der Waals surface area contributed by atoms with Crippen LogP contribution in [0.2, 0.25) is 0 Å². The number of para-hydroxylation sites is 2. The van der Waals surface area contributed by atoms with Crippen LogP contribution in [0.25, 0.3) is 10.9 Å². The molecule has 6 heteroatoms. The standard InChI is InChI=1S/C19H17N3O3/c1-25-19(24)14-8-2-3-9-15(14)21-12-17(23)22-16-10-4-6-13-7-5-11-20-18(13)16/h2-11,21H,12H2,1H3,(H,22,23). The lowest BCUT2D eigenvalue weighted by atomic mass is 10.1. The van der Waals surface area contributed by atoms with Crippen molar-refractivity contribution >= 4 is 34.2 Å². The van der Waals surface area contributed by atoms with Gasteiger partial charge in [-0.05, 0) is 24.3 Å². The van der Waals surface area contributed by atoms with Crippen LogP contribution in [0.4, 0.5) is 11.4 Å². The molecule has 2 N–H and O–H groups in total. The smallest absolute Gasteiger partial charge is 0.339 e. The van der Waals surface area contributed by atoms with Crippen molar-refractivity contribution < 1.29 is 14.3 Å². The summed E-state index contributed by atoms with van der Waals surface area (Å²) < 4.78 is 4.74. The molecule has 0 bridgehead atoms. The topological polar surface area (TPSA) is 80.3 Å². The van der Waals surface area contributed by atoms with E-state index in [-0.39, 0.29) is 12.5 Å². The zero-order valence-electron chi connectivity index (χ0n) is 13.7. The van der Waals surface area contributed by atoms with Crippen LogP contribution in [0.5, 0.6) is 0 Å². The minimum Gasteiger partial charge on any atom is -0.465 e. The van der Waals surface area contributed by atoms with Crippen LogP contribution in [0, 0.1) is 0 Å². The van der Waals surface area contributed by atoms with Gasteiger partial charge < -0.3 is 15.4 Å². The van der Waals surface area contributed by atoms with Crippen molar-refractivity contribution in [3.8, 4) is 0 Å². The first-order valence-electron chi connectivity index (χ1n) is 7.74. The number of pyridine rings is 1. The van der Waals surface area contributed by atoms with Crippen LogP contribution in [-0.4, -0.2) is 30.5 Å². The molecule has 2 aromatic carbocycles. The Morgan fingerprint density at radius 2 is 1.76 bits per heavy atom. The number of anilines is 2. The highest BCUT2D eigenvalue weighted by Crippen LogP contribution is 2.21. The van der Waals surface area contributed by atoms with Crippen LogP contribution >= 0.6 is 0 Å². The molecule has 0 saturated carbocycles. The van der Waals surface area contributed by atoms with Crippen LogP contribution in [0.3, 0.4) is 0 Å². The minimum atomic E-state index is -0.457. The largest absolute Gasteiger partial charge is 0.465 e. The van der Waals surface area contributed by atoms with Crippen molar-refractivity contribution in [1.29, 1.82) is 0 Å². The molecule has 6 nitrogen and oxygen atoms in total. The van der Waals surface area contributed by atoms with E-state index in [1.165, 1.54) is 7.11 Å². The molecule has 25 heavy (non-hydrogen) atoms. The van der Waals surface area contributed by atoms with Gasteiger partial charge in [0.1, 0.15) is 0 Å². The van der Waals surface area contributed by atoms with E-state index in [1.807, 2.05) is 24.3 Å². The molecule has 3 aromatic rings. The number of esters is 1. The van der Waals surface area contributed by atoms with Gasteiger partial charge in [0.2, 0.25) is 5.91 Å². The molecule has 0 aliphatic heterocycles. The first kappa shape index (κ1) is 16.4. The molecule has 1 amide bonds. The van der Waals surface area contributed by atoms with E-state index < -0.39 is 5.97 Å². The summed E-state index contributed by atoms with van der Waals surface area (Å²) in [6.45, 7) is 0.0111. The number of nitrogens with zero attached hydrogens (tertiary/aromatic N) is 1. The Kier molecular flexibility index (Phi) is 4.89. The molecular formula is C19H17N3O3. The van der Waals surface area contributed by atoms with E-state index >= 15 is 0 Å². The van der Waals surface area contributed by atoms with E-state index in [0.29, 0.717) is 16.9 Å². The number of amides is 1. The maximum atomic E-state index is 12.3. The van der Waals surface area contributed by atoms with Gasteiger partial charge in [0.05, 0.1) is 30.4 Å². The van der Waals surface area contributed by atoms with E-state index in [9.17, 15) is 9.59 Å². The molecular weight excluding hydrogens is 318 g/mol. The average molecular weight is 335 g/mol. The van der Waals surface area contributed by atoms with Crippen LogP contribution in [0.1, 0.15) is 10.4 Å². The summed E-state index contributed by atoms with van der Waals surface area (Å²) in [5.41, 5.74) is 2.30. The Balaban J connectivity index is 1.71. The van der Waals surface area contributed by atoms with Crippen molar-refractivity contribution in [3.63, 3.8) is 0 Å². The third-order valence-electron chi connectivity index (χ3n) is 3.68. The van der Waals surface area contributed by atoms with Gasteiger partial charge in [0, 0.05) is 17.3 Å². The highest BCUT2D eigenvalue weighted by atomic mass is 16.5. The van der Waals surface area contributed by atoms with Crippen LogP contribution < -0.4 is 10.6 Å². The number of carbonyl (C=O) groups excluding carboxylic acids is 2. The second kappa shape index (κ2) is 7.44. The normalized spacial score (nSPS) is 10.3. The Morgan fingerprint density at radius 3 is 2.60 bits per heavy atom. The number of rotatable bonds is 5. The first-order chi connectivity index (χ1) is 12.2. The van der Waals surface area contributed by atoms with Crippen LogP contribution in [-0.2, 0) is 9.53 Å². The van der Waals surface area contributed by atoms with Crippen molar-refractivity contribution in [2.45, 2.75) is 0 Å². The number of aromatic nitrogens is 1. The van der Waals surface area contributed by atoms with Gasteiger partial charge in [-0.25, -0.2) is 4.79 Å². The van der Waals surface area contributed by atoms with Gasteiger partial charge in [0.25, 0.3) is 0 Å². The summed E-state index contributed by atoms with van der Waals surface area (Å²) in [4.78, 5) is 28.3. The Labute approximate surface area is 144 Å². The first-order valence-corrected chi connectivity index (χ1v) is 7.74. The molecule has 0 aliphatic rings. The average Bonchev–Trinajstić information content (AvgIpc) is 2.66. The summed E-state index contributed by atoms with van der Waals surface area (Å²) in [6.07, 6.45) is 1.68. The predicted molar refractivity (Wildman–Crippen MR) is 96.6 cm³/mol. The molecule has 126 valence electrons. The fraction of sp³-hybridized carbons (Fsp3) is 0.105. The van der Waals surface area contributed by atoms with Gasteiger partial charge in [-0.3, -0.25) is 9.78 Å². The third kappa shape index (κ3) is 3.74. The monoisotopic (exact) mass is 335 g/mol. The lowest BCUT2D eigenvalue weighted by Crippen LogP contribution is -2.23. The third-order valence-corrected chi connectivity index (χ3v) is 3.68. The Morgan fingerprint density at radius 1 is 1.00 bits per heavy atom. The second-order valence-electron chi connectivity index (χ2n) is 5.32.